The maximum atomic E-state index is 12.7. The van der Waals surface area contributed by atoms with Crippen LogP contribution in [-0.2, 0) is 16.1 Å². The normalized spacial score (nSPS) is 24.1. The van der Waals surface area contributed by atoms with E-state index >= 15 is 0 Å². The second-order valence-corrected chi connectivity index (χ2v) is 7.30. The maximum Gasteiger partial charge on any atom is 0.255 e. The van der Waals surface area contributed by atoms with Crippen LogP contribution in [0.3, 0.4) is 0 Å². The van der Waals surface area contributed by atoms with Crippen molar-refractivity contribution >= 4 is 17.7 Å². The van der Waals surface area contributed by atoms with E-state index in [1.807, 2.05) is 6.07 Å². The number of fused-ring (bicyclic) bond motifs is 1. The van der Waals surface area contributed by atoms with Gasteiger partial charge in [0, 0.05) is 24.1 Å². The predicted molar refractivity (Wildman–Crippen MR) is 96.4 cm³/mol. The summed E-state index contributed by atoms with van der Waals surface area (Å²) >= 11 is 0. The maximum absolute atomic E-state index is 12.7. The molecule has 3 N–H and O–H groups in total. The number of rotatable bonds is 1. The quantitative estimate of drug-likeness (QED) is 0.476. The van der Waals surface area contributed by atoms with Gasteiger partial charge in [-0.25, -0.2) is 0 Å². The van der Waals surface area contributed by atoms with Crippen LogP contribution in [0.1, 0.15) is 47.2 Å². The highest BCUT2D eigenvalue weighted by Gasteiger charge is 2.39. The molecule has 140 valence electrons. The van der Waals surface area contributed by atoms with Gasteiger partial charge in [-0.2, -0.15) is 0 Å². The third kappa shape index (κ3) is 3.46. The van der Waals surface area contributed by atoms with E-state index in [2.05, 4.69) is 22.5 Å². The fourth-order valence-electron chi connectivity index (χ4n) is 3.81. The van der Waals surface area contributed by atoms with E-state index in [0.717, 1.165) is 24.2 Å². The topological polar surface area (TPSA) is 98.7 Å². The highest BCUT2D eigenvalue weighted by molar-refractivity contribution is 6.05. The number of carbonyl (C=O) groups excluding carboxylic acids is 3. The largest absolute Gasteiger partial charge is 0.377 e. The van der Waals surface area contributed by atoms with Crippen molar-refractivity contribution < 1.29 is 19.5 Å². The molecule has 1 aromatic carbocycles. The van der Waals surface area contributed by atoms with Crippen LogP contribution in [0.4, 0.5) is 0 Å². The van der Waals surface area contributed by atoms with Crippen molar-refractivity contribution in [2.24, 2.45) is 0 Å². The third-order valence-corrected chi connectivity index (χ3v) is 5.39. The van der Waals surface area contributed by atoms with Crippen molar-refractivity contribution in [1.82, 2.24) is 15.5 Å². The summed E-state index contributed by atoms with van der Waals surface area (Å²) in [5, 5.41) is 16.0. The van der Waals surface area contributed by atoms with E-state index in [1.165, 1.54) is 4.90 Å². The summed E-state index contributed by atoms with van der Waals surface area (Å²) in [5.74, 6) is 5.08. The van der Waals surface area contributed by atoms with E-state index in [0.29, 0.717) is 31.4 Å². The summed E-state index contributed by atoms with van der Waals surface area (Å²) in [4.78, 5) is 37.6. The number of nitrogens with one attached hydrogen (secondary N) is 2. The first kappa shape index (κ1) is 17.7. The highest BCUT2D eigenvalue weighted by atomic mass is 16.3. The molecule has 3 heterocycles. The third-order valence-electron chi connectivity index (χ3n) is 5.39. The average Bonchev–Trinajstić information content (AvgIpc) is 2.97. The summed E-state index contributed by atoms with van der Waals surface area (Å²) in [6, 6.07) is 4.71. The van der Waals surface area contributed by atoms with Crippen LogP contribution >= 0.6 is 0 Å². The number of hydrogen-bond acceptors (Lipinski definition) is 5. The second kappa shape index (κ2) is 6.80. The van der Waals surface area contributed by atoms with E-state index < -0.39 is 17.6 Å². The van der Waals surface area contributed by atoms with Gasteiger partial charge in [0.05, 0.1) is 0 Å². The minimum absolute atomic E-state index is 0.198. The van der Waals surface area contributed by atoms with Gasteiger partial charge in [-0.05, 0) is 56.1 Å². The molecular formula is C20H21N3O4. The van der Waals surface area contributed by atoms with Crippen LogP contribution in [-0.4, -0.2) is 52.5 Å². The van der Waals surface area contributed by atoms with Gasteiger partial charge in [0.1, 0.15) is 11.6 Å². The summed E-state index contributed by atoms with van der Waals surface area (Å²) in [5.41, 5.74) is 1.14. The molecule has 0 aliphatic carbocycles. The molecule has 0 radical (unpaired) electrons. The van der Waals surface area contributed by atoms with Gasteiger partial charge in [0.2, 0.25) is 11.8 Å². The van der Waals surface area contributed by atoms with Crippen LogP contribution < -0.4 is 10.6 Å². The van der Waals surface area contributed by atoms with Gasteiger partial charge in [-0.15, -0.1) is 0 Å². The van der Waals surface area contributed by atoms with Gasteiger partial charge < -0.3 is 15.3 Å². The van der Waals surface area contributed by atoms with Crippen LogP contribution in [0.5, 0.6) is 0 Å². The number of benzene rings is 1. The highest BCUT2D eigenvalue weighted by Crippen LogP contribution is 2.28. The molecule has 1 aromatic rings. The molecule has 3 aliphatic rings. The molecule has 0 aromatic heterocycles. The van der Waals surface area contributed by atoms with Gasteiger partial charge in [0.25, 0.3) is 5.91 Å². The Bertz CT molecular complexity index is 877. The Labute approximate surface area is 157 Å². The Hall–Kier alpha value is -2.69. The molecule has 7 heteroatoms. The van der Waals surface area contributed by atoms with Gasteiger partial charge in [0.15, 0.2) is 0 Å². The van der Waals surface area contributed by atoms with Crippen molar-refractivity contribution in [3.63, 3.8) is 0 Å². The molecule has 0 saturated carbocycles. The number of amides is 3. The smallest absolute Gasteiger partial charge is 0.255 e. The Morgan fingerprint density at radius 1 is 1.19 bits per heavy atom. The second-order valence-electron chi connectivity index (χ2n) is 7.30. The first-order valence-electron chi connectivity index (χ1n) is 9.19. The molecule has 1 atom stereocenters. The molecule has 4 rings (SSSR count). The molecule has 1 unspecified atom stereocenters. The van der Waals surface area contributed by atoms with Crippen LogP contribution in [0, 0.1) is 11.8 Å². The Balaban J connectivity index is 1.53. The lowest BCUT2D eigenvalue weighted by Crippen LogP contribution is -2.52. The first-order valence-corrected chi connectivity index (χ1v) is 9.19. The molecule has 0 bridgehead atoms. The minimum atomic E-state index is -0.973. The van der Waals surface area contributed by atoms with Crippen molar-refractivity contribution in [2.75, 3.05) is 13.1 Å². The SMILES string of the molecule is O=C1CCC(N2Cc3cc(C#CC4(O)CCNCC4)ccc3C2=O)C(=O)N1. The molecule has 2 fully saturated rings. The van der Waals surface area contributed by atoms with E-state index in [-0.39, 0.29) is 18.2 Å². The molecule has 2 saturated heterocycles. The zero-order chi connectivity index (χ0) is 19.0. The lowest BCUT2D eigenvalue weighted by molar-refractivity contribution is -0.136. The molecular weight excluding hydrogens is 346 g/mol. The summed E-state index contributed by atoms with van der Waals surface area (Å²) in [6.07, 6.45) is 1.76. The zero-order valence-electron chi connectivity index (χ0n) is 14.9. The van der Waals surface area contributed by atoms with Crippen molar-refractivity contribution in [2.45, 2.75) is 43.9 Å². The van der Waals surface area contributed by atoms with Crippen molar-refractivity contribution in [3.8, 4) is 11.8 Å². The van der Waals surface area contributed by atoms with E-state index in [4.69, 9.17) is 0 Å². The lowest BCUT2D eigenvalue weighted by atomic mass is 9.93. The molecule has 27 heavy (non-hydrogen) atoms. The molecule has 0 spiro atoms. The number of nitrogens with zero attached hydrogens (tertiary/aromatic N) is 1. The molecule has 3 amide bonds. The van der Waals surface area contributed by atoms with E-state index in [1.54, 1.807) is 12.1 Å². The number of aliphatic hydroxyl groups is 1. The number of hydrogen-bond donors (Lipinski definition) is 3. The fraction of sp³-hybridized carbons (Fsp3) is 0.450. The van der Waals surface area contributed by atoms with Crippen molar-refractivity contribution in [1.29, 1.82) is 0 Å². The fourth-order valence-corrected chi connectivity index (χ4v) is 3.81. The summed E-state index contributed by atoms with van der Waals surface area (Å²) in [6.45, 7) is 1.81. The van der Waals surface area contributed by atoms with E-state index in [9.17, 15) is 19.5 Å². The predicted octanol–water partition coefficient (Wildman–Crippen LogP) is -0.0864. The molecule has 3 aliphatic heterocycles. The Morgan fingerprint density at radius 2 is 1.96 bits per heavy atom. The standard InChI is InChI=1S/C20H21N3O4/c24-17-4-3-16(18(25)22-17)23-12-14-11-13(1-2-15(14)19(23)26)5-6-20(27)7-9-21-10-8-20/h1-2,11,16,21,27H,3-4,7-10,12H2,(H,22,24,25). The average molecular weight is 367 g/mol. The lowest BCUT2D eigenvalue weighted by Gasteiger charge is -2.29. The van der Waals surface area contributed by atoms with Crippen LogP contribution in [0.15, 0.2) is 18.2 Å². The van der Waals surface area contributed by atoms with Gasteiger partial charge in [-0.3, -0.25) is 19.7 Å². The number of imide groups is 1. The van der Waals surface area contributed by atoms with Gasteiger partial charge in [-0.1, -0.05) is 11.8 Å². The number of piperidine rings is 2. The first-order chi connectivity index (χ1) is 13.0. The van der Waals surface area contributed by atoms with Crippen LogP contribution in [0.2, 0.25) is 0 Å². The van der Waals surface area contributed by atoms with Crippen molar-refractivity contribution in [3.05, 3.63) is 34.9 Å². The van der Waals surface area contributed by atoms with Crippen LogP contribution in [0.25, 0.3) is 0 Å². The van der Waals surface area contributed by atoms with Gasteiger partial charge >= 0.3 is 0 Å². The molecule has 7 nitrogen and oxygen atoms in total. The Kier molecular flexibility index (Phi) is 4.46. The monoisotopic (exact) mass is 367 g/mol. The zero-order valence-corrected chi connectivity index (χ0v) is 14.9. The summed E-state index contributed by atoms with van der Waals surface area (Å²) < 4.78 is 0. The Morgan fingerprint density at radius 3 is 2.70 bits per heavy atom. The number of carbonyl (C=O) groups is 3. The summed E-state index contributed by atoms with van der Waals surface area (Å²) in [7, 11) is 0. The minimum Gasteiger partial charge on any atom is -0.377 e.